The van der Waals surface area contributed by atoms with Crippen LogP contribution in [0.15, 0.2) is 77.8 Å². The van der Waals surface area contributed by atoms with Gasteiger partial charge in [0.1, 0.15) is 17.4 Å². The summed E-state index contributed by atoms with van der Waals surface area (Å²) in [6, 6.07) is 23.8. The highest BCUT2D eigenvalue weighted by atomic mass is 35.5. The van der Waals surface area contributed by atoms with E-state index in [4.69, 9.17) is 21.1 Å². The Morgan fingerprint density at radius 3 is 2.49 bits per heavy atom. The Kier molecular flexibility index (Phi) is 18.7. The molecular weight excluding hydrogens is 930 g/mol. The van der Waals surface area contributed by atoms with Crippen LogP contribution >= 0.6 is 34.9 Å². The number of amides is 2. The molecule has 0 spiro atoms. The van der Waals surface area contributed by atoms with Crippen LogP contribution in [0.5, 0.6) is 5.75 Å². The monoisotopic (exact) mass is 995 g/mol. The Morgan fingerprint density at radius 2 is 1.80 bits per heavy atom. The number of benzene rings is 4. The zero-order valence-corrected chi connectivity index (χ0v) is 43.4. The number of aliphatic imine (C=N–C) groups is 1. The quantitative estimate of drug-likeness (QED) is 0.0227. The van der Waals surface area contributed by atoms with Gasteiger partial charge in [-0.3, -0.25) is 19.5 Å². The van der Waals surface area contributed by atoms with E-state index in [1.807, 2.05) is 69.2 Å². The number of nitrogens with one attached hydrogen (secondary N) is 4. The predicted octanol–water partition coefficient (Wildman–Crippen LogP) is 11.1. The first-order valence-electron chi connectivity index (χ1n) is 23.6. The molecule has 5 aromatic rings. The third-order valence-electron chi connectivity index (χ3n) is 12.8. The minimum absolute atomic E-state index is 0.0828. The van der Waals surface area contributed by atoms with E-state index in [1.165, 1.54) is 31.1 Å². The number of piperidine rings is 1. The second kappa shape index (κ2) is 24.4. The number of anilines is 3. The van der Waals surface area contributed by atoms with Gasteiger partial charge in [-0.15, -0.1) is 11.3 Å². The van der Waals surface area contributed by atoms with Crippen LogP contribution in [0, 0.1) is 0 Å². The fraction of sp³-hybridized carbons (Fsp3) is 0.415. The lowest BCUT2D eigenvalue weighted by atomic mass is 9.87. The zero-order valence-electron chi connectivity index (χ0n) is 41.0. The summed E-state index contributed by atoms with van der Waals surface area (Å²) in [7, 11) is 6.34. The minimum Gasteiger partial charge on any atom is -0.493 e. The number of carbonyl (C=O) groups is 4. The van der Waals surface area contributed by atoms with Crippen molar-refractivity contribution in [2.45, 2.75) is 95.5 Å². The van der Waals surface area contributed by atoms with E-state index in [2.05, 4.69) is 87.5 Å². The van der Waals surface area contributed by atoms with Gasteiger partial charge >= 0.3 is 5.97 Å². The Labute approximate surface area is 420 Å². The average molecular weight is 997 g/mol. The van der Waals surface area contributed by atoms with Gasteiger partial charge in [-0.25, -0.2) is 9.10 Å². The molecule has 3 atom stereocenters. The number of ether oxygens (including phenoxy) is 2. The summed E-state index contributed by atoms with van der Waals surface area (Å²) >= 11 is 9.81. The smallest absolute Gasteiger partial charge is 0.351 e. The summed E-state index contributed by atoms with van der Waals surface area (Å²) < 4.78 is 12.9. The van der Waals surface area contributed by atoms with E-state index in [1.54, 1.807) is 11.9 Å². The van der Waals surface area contributed by atoms with Gasteiger partial charge in [0.25, 0.3) is 5.91 Å². The maximum absolute atomic E-state index is 13.9. The molecule has 3 heterocycles. The summed E-state index contributed by atoms with van der Waals surface area (Å²) in [6.45, 7) is 14.9. The number of esters is 1. The molecule has 2 amide bonds. The maximum atomic E-state index is 13.9. The molecule has 3 unspecified atom stereocenters. The van der Waals surface area contributed by atoms with Crippen molar-refractivity contribution in [2.24, 2.45) is 4.99 Å². The topological polar surface area (TPSA) is 154 Å². The van der Waals surface area contributed by atoms with Crippen molar-refractivity contribution >= 4 is 99.2 Å². The van der Waals surface area contributed by atoms with E-state index in [-0.39, 0.29) is 42.2 Å². The summed E-state index contributed by atoms with van der Waals surface area (Å²) in [5.74, 6) is 0.280. The lowest BCUT2D eigenvalue weighted by molar-refractivity contribution is -0.122. The Balaban J connectivity index is 0.00000386. The maximum Gasteiger partial charge on any atom is 0.351 e. The molecule has 4 aromatic carbocycles. The van der Waals surface area contributed by atoms with Crippen molar-refractivity contribution in [3.05, 3.63) is 99.4 Å². The molecule has 16 heteroatoms. The summed E-state index contributed by atoms with van der Waals surface area (Å²) in [5.41, 5.74) is 7.14. The second-order valence-corrected chi connectivity index (χ2v) is 19.9. The van der Waals surface area contributed by atoms with Crippen LogP contribution in [-0.4, -0.2) is 101 Å². The molecule has 4 N–H and O–H groups in total. The normalized spacial score (nSPS) is 16.0. The first-order valence-corrected chi connectivity index (χ1v) is 25.8. The van der Waals surface area contributed by atoms with Crippen LogP contribution in [0.3, 0.4) is 0 Å². The van der Waals surface area contributed by atoms with Crippen molar-refractivity contribution < 1.29 is 28.7 Å². The van der Waals surface area contributed by atoms with Crippen molar-refractivity contribution in [3.8, 4) is 16.2 Å². The van der Waals surface area contributed by atoms with Gasteiger partial charge in [-0.1, -0.05) is 73.8 Å². The number of halogens is 1. The number of methoxy groups -OCH3 is 2. The molecule has 2 aliphatic heterocycles. The second-order valence-electron chi connectivity index (χ2n) is 17.5. The number of hydrogen-bond donors (Lipinski definition) is 4. The zero-order chi connectivity index (χ0) is 49.8. The van der Waals surface area contributed by atoms with Gasteiger partial charge in [-0.2, -0.15) is 0 Å². The number of aldehydes is 1. The highest BCUT2D eigenvalue weighted by Crippen LogP contribution is 2.47. The van der Waals surface area contributed by atoms with E-state index in [9.17, 15) is 19.2 Å². The molecule has 0 radical (unpaired) electrons. The number of carbonyl (C=O) groups excluding carboxylic acids is 4. The van der Waals surface area contributed by atoms with E-state index in [0.717, 1.165) is 94.7 Å². The number of likely N-dealkylation sites (N-methyl/N-ethyl adjacent to an activating group) is 1. The predicted molar refractivity (Wildman–Crippen MR) is 287 cm³/mol. The molecule has 2 aliphatic rings. The van der Waals surface area contributed by atoms with Crippen LogP contribution in [0.4, 0.5) is 22.7 Å². The molecule has 0 saturated carbocycles. The SMILES string of the molecule is C=Nc1ccc(CSN2CCC(Nc3cccc(-c4sc(C(=O)OC)c(OC)c4Cl)c3)CC2(C)C)cc1NCCC(CCNC)c1ccc2c3c(cccc13)C(=O)N2C(CCC=O)C(=O)NC.CC. The van der Waals surface area contributed by atoms with Gasteiger partial charge in [0, 0.05) is 60.5 Å². The van der Waals surface area contributed by atoms with Gasteiger partial charge in [0.15, 0.2) is 10.6 Å². The number of hydrogen-bond acceptors (Lipinski definition) is 13. The average Bonchev–Trinajstić information content (AvgIpc) is 3.85. The summed E-state index contributed by atoms with van der Waals surface area (Å²) in [5, 5.41) is 15.7. The number of nitrogens with zero attached hydrogens (tertiary/aromatic N) is 3. The molecular formula is C53H66ClN7O6S2. The lowest BCUT2D eigenvalue weighted by Gasteiger charge is -2.45. The van der Waals surface area contributed by atoms with Crippen LogP contribution < -0.4 is 30.9 Å². The number of thiophene rings is 1. The van der Waals surface area contributed by atoms with Crippen LogP contribution in [0.2, 0.25) is 5.02 Å². The van der Waals surface area contributed by atoms with Crippen LogP contribution in [0.1, 0.15) is 103 Å². The number of rotatable bonds is 22. The van der Waals surface area contributed by atoms with Crippen molar-refractivity contribution in [3.63, 3.8) is 0 Å². The highest BCUT2D eigenvalue weighted by Gasteiger charge is 2.39. The van der Waals surface area contributed by atoms with Crippen molar-refractivity contribution in [1.29, 1.82) is 0 Å². The molecule has 0 bridgehead atoms. The molecule has 368 valence electrons. The third kappa shape index (κ3) is 11.8. The van der Waals surface area contributed by atoms with Crippen LogP contribution in [-0.2, 0) is 20.1 Å². The first kappa shape index (κ1) is 52.9. The standard InChI is InChI=1S/C51H60ClN7O6S2.C2H6/c1-51(2)29-35(57-34-12-8-11-33(28-34)46-44(52)45(64-6)47(67-46)50(63)65-7)22-25-58(51)66-30-31-16-18-39(54-4)40(27-31)56-24-21-32(20-23-53-3)36-17-19-41-43-37(36)13-9-14-38(43)49(62)59(41)42(15-10-26-60)48(61)55-5;1-2/h8-9,11-14,16-19,26-28,32,35,42,53,56-57H,4,10,15,20-25,29-30H2,1-3,5-7H3,(H,55,61);1-2H3. The summed E-state index contributed by atoms with van der Waals surface area (Å²) in [4.78, 5) is 57.7. The van der Waals surface area contributed by atoms with Gasteiger partial charge < -0.3 is 35.5 Å². The molecule has 1 aromatic heterocycles. The fourth-order valence-corrected chi connectivity index (χ4v) is 12.1. The lowest BCUT2D eigenvalue weighted by Crippen LogP contribution is -2.49. The first-order chi connectivity index (χ1) is 33.4. The molecule has 13 nitrogen and oxygen atoms in total. The van der Waals surface area contributed by atoms with Gasteiger partial charge in [-0.05, 0) is 131 Å². The minimum atomic E-state index is -0.789. The molecule has 0 aliphatic carbocycles. The Hall–Kier alpha value is -5.45. The summed E-state index contributed by atoms with van der Waals surface area (Å²) in [6.07, 6.45) is 4.81. The van der Waals surface area contributed by atoms with E-state index in [0.29, 0.717) is 33.4 Å². The Morgan fingerprint density at radius 1 is 1.03 bits per heavy atom. The Bertz CT molecular complexity index is 2640. The van der Waals surface area contributed by atoms with E-state index < -0.39 is 12.0 Å². The molecule has 7 rings (SSSR count). The van der Waals surface area contributed by atoms with E-state index >= 15 is 0 Å². The van der Waals surface area contributed by atoms with Crippen LogP contribution in [0.25, 0.3) is 21.2 Å². The van der Waals surface area contributed by atoms with Gasteiger partial charge in [0.2, 0.25) is 5.91 Å². The van der Waals surface area contributed by atoms with Crippen molar-refractivity contribution in [1.82, 2.24) is 14.9 Å². The molecule has 69 heavy (non-hydrogen) atoms. The largest absolute Gasteiger partial charge is 0.493 e. The highest BCUT2D eigenvalue weighted by molar-refractivity contribution is 7.96. The van der Waals surface area contributed by atoms with Gasteiger partial charge in [0.05, 0.1) is 36.2 Å². The fourth-order valence-electron chi connectivity index (χ4n) is 9.45. The van der Waals surface area contributed by atoms with Crippen molar-refractivity contribution in [2.75, 3.05) is 63.5 Å². The molecule has 1 saturated heterocycles. The molecule has 1 fully saturated rings. The third-order valence-corrected chi connectivity index (χ3v) is 15.9.